The molecule has 2 saturated heterocycles. The summed E-state index contributed by atoms with van der Waals surface area (Å²) in [5, 5.41) is 3.47. The average Bonchev–Trinajstić information content (AvgIpc) is 2.80. The Morgan fingerprint density at radius 2 is 2.17 bits per heavy atom. The molecule has 1 N–H and O–H groups in total. The number of nitrogens with zero attached hydrogens (tertiary/aromatic N) is 2. The van der Waals surface area contributed by atoms with Crippen LogP contribution in [0.15, 0.2) is 0 Å². The predicted molar refractivity (Wildman–Crippen MR) is 75.0 cm³/mol. The summed E-state index contributed by atoms with van der Waals surface area (Å²) in [6.45, 7) is 13.2. The lowest BCUT2D eigenvalue weighted by atomic mass is 10.1. The van der Waals surface area contributed by atoms with Gasteiger partial charge in [0, 0.05) is 51.4 Å². The van der Waals surface area contributed by atoms with E-state index in [1.54, 1.807) is 0 Å². The summed E-state index contributed by atoms with van der Waals surface area (Å²) >= 11 is 0. The molecular weight excluding hydrogens is 226 g/mol. The quantitative estimate of drug-likeness (QED) is 0.681. The Morgan fingerprint density at radius 1 is 1.28 bits per heavy atom. The third-order valence-electron chi connectivity index (χ3n) is 4.27. The second kappa shape index (κ2) is 7.43. The molecule has 0 aromatic heterocycles. The van der Waals surface area contributed by atoms with Crippen molar-refractivity contribution in [3.63, 3.8) is 0 Å². The minimum atomic E-state index is 0.716. The molecule has 2 rings (SSSR count). The Kier molecular flexibility index (Phi) is 5.89. The zero-order valence-corrected chi connectivity index (χ0v) is 12.0. The third kappa shape index (κ3) is 3.92. The van der Waals surface area contributed by atoms with Crippen LogP contribution in [0.3, 0.4) is 0 Å². The smallest absolute Gasteiger partial charge is 0.0590 e. The van der Waals surface area contributed by atoms with Gasteiger partial charge in [-0.1, -0.05) is 0 Å². The van der Waals surface area contributed by atoms with Gasteiger partial charge in [0.15, 0.2) is 0 Å². The highest BCUT2D eigenvalue weighted by Crippen LogP contribution is 2.23. The molecule has 0 saturated carbocycles. The molecule has 0 amide bonds. The van der Waals surface area contributed by atoms with Gasteiger partial charge in [0.25, 0.3) is 0 Å². The second-order valence-electron chi connectivity index (χ2n) is 5.58. The van der Waals surface area contributed by atoms with Crippen molar-refractivity contribution in [2.75, 3.05) is 52.5 Å². The summed E-state index contributed by atoms with van der Waals surface area (Å²) in [6.07, 6.45) is 2.80. The minimum absolute atomic E-state index is 0.716. The van der Waals surface area contributed by atoms with Crippen LogP contribution in [0.25, 0.3) is 0 Å². The highest BCUT2D eigenvalue weighted by Gasteiger charge is 2.33. The van der Waals surface area contributed by atoms with Gasteiger partial charge in [0.2, 0.25) is 0 Å². The van der Waals surface area contributed by atoms with Crippen molar-refractivity contribution in [2.45, 2.75) is 38.8 Å². The SMILES string of the molecule is CCOCCNCCN1CC2CCCN2CC1C. The molecule has 106 valence electrons. The van der Waals surface area contributed by atoms with E-state index in [9.17, 15) is 0 Å². The van der Waals surface area contributed by atoms with E-state index in [0.29, 0.717) is 6.04 Å². The van der Waals surface area contributed by atoms with Gasteiger partial charge in [-0.25, -0.2) is 0 Å². The number of rotatable bonds is 7. The molecule has 0 bridgehead atoms. The average molecular weight is 255 g/mol. The first kappa shape index (κ1) is 14.3. The van der Waals surface area contributed by atoms with Crippen LogP contribution in [0.4, 0.5) is 0 Å². The number of hydrogen-bond donors (Lipinski definition) is 1. The monoisotopic (exact) mass is 255 g/mol. The van der Waals surface area contributed by atoms with Crippen LogP contribution in [0.5, 0.6) is 0 Å². The first-order valence-electron chi connectivity index (χ1n) is 7.57. The van der Waals surface area contributed by atoms with E-state index in [2.05, 4.69) is 22.0 Å². The van der Waals surface area contributed by atoms with E-state index < -0.39 is 0 Å². The van der Waals surface area contributed by atoms with E-state index in [4.69, 9.17) is 4.74 Å². The summed E-state index contributed by atoms with van der Waals surface area (Å²) in [5.41, 5.74) is 0. The molecule has 0 aliphatic carbocycles. The van der Waals surface area contributed by atoms with Crippen LogP contribution in [0, 0.1) is 0 Å². The van der Waals surface area contributed by atoms with Crippen molar-refractivity contribution < 1.29 is 4.74 Å². The normalized spacial score (nSPS) is 29.7. The Balaban J connectivity index is 1.60. The van der Waals surface area contributed by atoms with Gasteiger partial charge in [-0.3, -0.25) is 9.80 Å². The number of fused-ring (bicyclic) bond motifs is 1. The van der Waals surface area contributed by atoms with E-state index >= 15 is 0 Å². The molecule has 4 nitrogen and oxygen atoms in total. The molecule has 2 heterocycles. The van der Waals surface area contributed by atoms with Gasteiger partial charge in [-0.15, -0.1) is 0 Å². The Labute approximate surface area is 112 Å². The topological polar surface area (TPSA) is 27.7 Å². The minimum Gasteiger partial charge on any atom is -0.380 e. The molecule has 0 aromatic carbocycles. The Bertz CT molecular complexity index is 237. The second-order valence-corrected chi connectivity index (χ2v) is 5.58. The van der Waals surface area contributed by atoms with Crippen molar-refractivity contribution in [1.29, 1.82) is 0 Å². The molecule has 2 fully saturated rings. The zero-order valence-electron chi connectivity index (χ0n) is 12.0. The lowest BCUT2D eigenvalue weighted by molar-refractivity contribution is 0.0598. The molecular formula is C14H29N3O. The Hall–Kier alpha value is -0.160. The van der Waals surface area contributed by atoms with E-state index in [1.807, 2.05) is 6.92 Å². The molecule has 2 atom stereocenters. The maximum atomic E-state index is 5.32. The first-order chi connectivity index (χ1) is 8.81. The molecule has 2 unspecified atom stereocenters. The maximum Gasteiger partial charge on any atom is 0.0590 e. The zero-order chi connectivity index (χ0) is 12.8. The standard InChI is InChI=1S/C14H29N3O/c1-3-18-10-7-15-6-9-16-12-14-5-4-8-17(14)11-13(16)2/h13-15H,3-12H2,1-2H3. The summed E-state index contributed by atoms with van der Waals surface area (Å²) in [4.78, 5) is 5.34. The van der Waals surface area contributed by atoms with Crippen molar-refractivity contribution in [3.05, 3.63) is 0 Å². The van der Waals surface area contributed by atoms with Crippen LogP contribution in [0.1, 0.15) is 26.7 Å². The number of nitrogens with one attached hydrogen (secondary N) is 1. The van der Waals surface area contributed by atoms with E-state index in [1.165, 1.54) is 39.0 Å². The molecule has 18 heavy (non-hydrogen) atoms. The summed E-state index contributed by atoms with van der Waals surface area (Å²) in [7, 11) is 0. The first-order valence-corrected chi connectivity index (χ1v) is 7.57. The lowest BCUT2D eigenvalue weighted by Crippen LogP contribution is -2.56. The molecule has 0 aromatic rings. The van der Waals surface area contributed by atoms with Crippen LogP contribution in [-0.4, -0.2) is 74.4 Å². The molecule has 0 spiro atoms. The van der Waals surface area contributed by atoms with Crippen molar-refractivity contribution >= 4 is 0 Å². The summed E-state index contributed by atoms with van der Waals surface area (Å²) in [6, 6.07) is 1.55. The van der Waals surface area contributed by atoms with Gasteiger partial charge >= 0.3 is 0 Å². The Morgan fingerprint density at radius 3 is 3.00 bits per heavy atom. The summed E-state index contributed by atoms with van der Waals surface area (Å²) < 4.78 is 5.32. The molecule has 2 aliphatic heterocycles. The van der Waals surface area contributed by atoms with Crippen molar-refractivity contribution in [1.82, 2.24) is 15.1 Å². The van der Waals surface area contributed by atoms with Crippen LogP contribution in [0.2, 0.25) is 0 Å². The fraction of sp³-hybridized carbons (Fsp3) is 1.00. The highest BCUT2D eigenvalue weighted by atomic mass is 16.5. The van der Waals surface area contributed by atoms with Crippen molar-refractivity contribution in [3.8, 4) is 0 Å². The van der Waals surface area contributed by atoms with Crippen LogP contribution >= 0.6 is 0 Å². The fourth-order valence-electron chi connectivity index (χ4n) is 3.20. The number of ether oxygens (including phenoxy) is 1. The molecule has 0 radical (unpaired) electrons. The maximum absolute atomic E-state index is 5.32. The number of piperazine rings is 1. The van der Waals surface area contributed by atoms with Crippen molar-refractivity contribution in [2.24, 2.45) is 0 Å². The number of hydrogen-bond acceptors (Lipinski definition) is 4. The van der Waals surface area contributed by atoms with Crippen LogP contribution < -0.4 is 5.32 Å². The molecule has 2 aliphatic rings. The predicted octanol–water partition coefficient (Wildman–Crippen LogP) is 0.781. The van der Waals surface area contributed by atoms with Gasteiger partial charge < -0.3 is 10.1 Å². The summed E-state index contributed by atoms with van der Waals surface area (Å²) in [5.74, 6) is 0. The van der Waals surface area contributed by atoms with Gasteiger partial charge in [-0.2, -0.15) is 0 Å². The van der Waals surface area contributed by atoms with Gasteiger partial charge in [0.1, 0.15) is 0 Å². The highest BCUT2D eigenvalue weighted by molar-refractivity contribution is 4.90. The van der Waals surface area contributed by atoms with E-state index in [0.717, 1.165) is 32.3 Å². The van der Waals surface area contributed by atoms with Gasteiger partial charge in [-0.05, 0) is 33.2 Å². The van der Waals surface area contributed by atoms with Crippen LogP contribution in [-0.2, 0) is 4.74 Å². The lowest BCUT2D eigenvalue weighted by Gasteiger charge is -2.42. The third-order valence-corrected chi connectivity index (χ3v) is 4.27. The fourth-order valence-corrected chi connectivity index (χ4v) is 3.20. The largest absolute Gasteiger partial charge is 0.380 e. The van der Waals surface area contributed by atoms with Gasteiger partial charge in [0.05, 0.1) is 6.61 Å². The molecule has 4 heteroatoms. The van der Waals surface area contributed by atoms with E-state index in [-0.39, 0.29) is 0 Å².